The summed E-state index contributed by atoms with van der Waals surface area (Å²) in [6.45, 7) is 0.452. The zero-order chi connectivity index (χ0) is 13.7. The van der Waals surface area contributed by atoms with Crippen molar-refractivity contribution in [1.82, 2.24) is 4.90 Å². The van der Waals surface area contributed by atoms with Crippen LogP contribution in [0.15, 0.2) is 42.5 Å². The van der Waals surface area contributed by atoms with Gasteiger partial charge < -0.3 is 10.0 Å². The standard InChI is InChI=1S/C15H18INO2/c16-11-5-4-9-15(19)10-8-14(18)17(15)12-13-6-2-1-3-7-13/h1-3,6-8,10,19H,4-5,9,11-12H2. The third-order valence-electron chi connectivity index (χ3n) is 3.34. The minimum absolute atomic E-state index is 0.110. The molecule has 1 amide bonds. The number of hydrogen-bond acceptors (Lipinski definition) is 2. The first kappa shape index (κ1) is 14.5. The second-order valence-electron chi connectivity index (χ2n) is 4.77. The molecule has 1 aromatic carbocycles. The first-order valence-electron chi connectivity index (χ1n) is 6.49. The Morgan fingerprint density at radius 2 is 1.95 bits per heavy atom. The van der Waals surface area contributed by atoms with E-state index >= 15 is 0 Å². The Labute approximate surface area is 127 Å². The predicted molar refractivity (Wildman–Crippen MR) is 83.8 cm³/mol. The van der Waals surface area contributed by atoms with Crippen LogP contribution in [0.25, 0.3) is 0 Å². The summed E-state index contributed by atoms with van der Waals surface area (Å²) >= 11 is 2.33. The summed E-state index contributed by atoms with van der Waals surface area (Å²) in [7, 11) is 0. The van der Waals surface area contributed by atoms with Gasteiger partial charge in [0.05, 0.1) is 0 Å². The number of hydrogen-bond donors (Lipinski definition) is 1. The number of aliphatic hydroxyl groups is 1. The highest BCUT2D eigenvalue weighted by Crippen LogP contribution is 2.28. The Bertz CT molecular complexity index is 460. The lowest BCUT2D eigenvalue weighted by Crippen LogP contribution is -2.45. The normalized spacial score (nSPS) is 22.2. The molecular weight excluding hydrogens is 353 g/mol. The maximum Gasteiger partial charge on any atom is 0.249 e. The number of carbonyl (C=O) groups excluding carboxylic acids is 1. The van der Waals surface area contributed by atoms with E-state index in [0.717, 1.165) is 22.8 Å². The van der Waals surface area contributed by atoms with Crippen molar-refractivity contribution in [3.8, 4) is 0 Å². The van der Waals surface area contributed by atoms with Crippen molar-refractivity contribution < 1.29 is 9.90 Å². The number of benzene rings is 1. The minimum atomic E-state index is -1.11. The van der Waals surface area contributed by atoms with Gasteiger partial charge in [0.25, 0.3) is 0 Å². The van der Waals surface area contributed by atoms with Crippen LogP contribution in [0.3, 0.4) is 0 Å². The van der Waals surface area contributed by atoms with Crippen LogP contribution in [-0.2, 0) is 11.3 Å². The summed E-state index contributed by atoms with van der Waals surface area (Å²) in [5, 5.41) is 10.6. The van der Waals surface area contributed by atoms with Gasteiger partial charge in [0.1, 0.15) is 0 Å². The molecule has 19 heavy (non-hydrogen) atoms. The van der Waals surface area contributed by atoms with Crippen molar-refractivity contribution in [3.05, 3.63) is 48.0 Å². The summed E-state index contributed by atoms with van der Waals surface area (Å²) in [6, 6.07) is 9.77. The van der Waals surface area contributed by atoms with Crippen LogP contribution < -0.4 is 0 Å². The van der Waals surface area contributed by atoms with Gasteiger partial charge in [0.2, 0.25) is 5.91 Å². The molecule has 0 bridgehead atoms. The average molecular weight is 371 g/mol. The number of halogens is 1. The van der Waals surface area contributed by atoms with E-state index in [-0.39, 0.29) is 5.91 Å². The lowest BCUT2D eigenvalue weighted by molar-refractivity contribution is -0.143. The highest BCUT2D eigenvalue weighted by Gasteiger charge is 2.38. The van der Waals surface area contributed by atoms with Crippen molar-refractivity contribution in [2.45, 2.75) is 31.5 Å². The van der Waals surface area contributed by atoms with Gasteiger partial charge in [-0.1, -0.05) is 52.9 Å². The average Bonchev–Trinajstić information content (AvgIpc) is 2.69. The molecule has 0 radical (unpaired) electrons. The van der Waals surface area contributed by atoms with E-state index in [1.54, 1.807) is 11.0 Å². The lowest BCUT2D eigenvalue weighted by atomic mass is 10.1. The fraction of sp³-hybridized carbons (Fsp3) is 0.400. The molecule has 1 atom stereocenters. The summed E-state index contributed by atoms with van der Waals surface area (Å²) in [6.07, 6.45) is 5.69. The van der Waals surface area contributed by atoms with Crippen molar-refractivity contribution in [2.24, 2.45) is 0 Å². The fourth-order valence-electron chi connectivity index (χ4n) is 2.25. The zero-order valence-electron chi connectivity index (χ0n) is 10.8. The first-order valence-corrected chi connectivity index (χ1v) is 8.01. The molecular formula is C15H18INO2. The van der Waals surface area contributed by atoms with Gasteiger partial charge in [0.15, 0.2) is 5.72 Å². The largest absolute Gasteiger partial charge is 0.367 e. The zero-order valence-corrected chi connectivity index (χ0v) is 12.9. The highest BCUT2D eigenvalue weighted by atomic mass is 127. The summed E-state index contributed by atoms with van der Waals surface area (Å²) in [4.78, 5) is 13.5. The first-order chi connectivity index (χ1) is 9.15. The molecule has 4 heteroatoms. The molecule has 1 aromatic rings. The smallest absolute Gasteiger partial charge is 0.249 e. The molecule has 0 saturated carbocycles. The van der Waals surface area contributed by atoms with Crippen LogP contribution in [0.1, 0.15) is 24.8 Å². The van der Waals surface area contributed by atoms with Crippen molar-refractivity contribution >= 4 is 28.5 Å². The Kier molecular flexibility index (Phi) is 4.99. The van der Waals surface area contributed by atoms with Crippen LogP contribution in [0.5, 0.6) is 0 Å². The predicted octanol–water partition coefficient (Wildman–Crippen LogP) is 2.88. The summed E-state index contributed by atoms with van der Waals surface area (Å²) in [5.74, 6) is -0.110. The SMILES string of the molecule is O=C1C=CC(O)(CCCCI)N1Cc1ccccc1. The number of carbonyl (C=O) groups is 1. The molecule has 1 N–H and O–H groups in total. The molecule has 102 valence electrons. The number of amides is 1. The van der Waals surface area contributed by atoms with Crippen LogP contribution in [0, 0.1) is 0 Å². The van der Waals surface area contributed by atoms with Gasteiger partial charge in [-0.25, -0.2) is 0 Å². The van der Waals surface area contributed by atoms with Crippen molar-refractivity contribution in [3.63, 3.8) is 0 Å². The van der Waals surface area contributed by atoms with E-state index in [9.17, 15) is 9.90 Å². The number of alkyl halides is 1. The van der Waals surface area contributed by atoms with Gasteiger partial charge in [-0.05, 0) is 35.3 Å². The van der Waals surface area contributed by atoms with E-state index in [1.165, 1.54) is 6.08 Å². The Morgan fingerprint density at radius 3 is 2.63 bits per heavy atom. The topological polar surface area (TPSA) is 40.5 Å². The van der Waals surface area contributed by atoms with Crippen molar-refractivity contribution in [2.75, 3.05) is 4.43 Å². The Hall–Kier alpha value is -0.880. The van der Waals surface area contributed by atoms with E-state index in [0.29, 0.717) is 13.0 Å². The van der Waals surface area contributed by atoms with Gasteiger partial charge in [-0.3, -0.25) is 4.79 Å². The molecule has 1 aliphatic rings. The molecule has 1 aliphatic heterocycles. The molecule has 2 rings (SSSR count). The third kappa shape index (κ3) is 3.57. The quantitative estimate of drug-likeness (QED) is 0.475. The van der Waals surface area contributed by atoms with Crippen LogP contribution >= 0.6 is 22.6 Å². The number of rotatable bonds is 6. The van der Waals surface area contributed by atoms with Crippen LogP contribution in [0.2, 0.25) is 0 Å². The molecule has 0 fully saturated rings. The monoisotopic (exact) mass is 371 g/mol. The van der Waals surface area contributed by atoms with Crippen LogP contribution in [-0.4, -0.2) is 26.1 Å². The van der Waals surface area contributed by atoms with E-state index < -0.39 is 5.72 Å². The van der Waals surface area contributed by atoms with Crippen LogP contribution in [0.4, 0.5) is 0 Å². The van der Waals surface area contributed by atoms with Crippen molar-refractivity contribution in [1.29, 1.82) is 0 Å². The Balaban J connectivity index is 2.06. The highest BCUT2D eigenvalue weighted by molar-refractivity contribution is 14.1. The maximum atomic E-state index is 11.9. The van der Waals surface area contributed by atoms with E-state index in [4.69, 9.17) is 0 Å². The molecule has 3 nitrogen and oxygen atoms in total. The van der Waals surface area contributed by atoms with E-state index in [1.807, 2.05) is 30.3 Å². The minimum Gasteiger partial charge on any atom is -0.367 e. The Morgan fingerprint density at radius 1 is 1.21 bits per heavy atom. The van der Waals surface area contributed by atoms with E-state index in [2.05, 4.69) is 22.6 Å². The second-order valence-corrected chi connectivity index (χ2v) is 5.85. The second kappa shape index (κ2) is 6.52. The molecule has 0 aliphatic carbocycles. The van der Waals surface area contributed by atoms with Gasteiger partial charge >= 0.3 is 0 Å². The number of unbranched alkanes of at least 4 members (excludes halogenated alkanes) is 1. The fourth-order valence-corrected chi connectivity index (χ4v) is 2.79. The molecule has 0 saturated heterocycles. The summed E-state index contributed by atoms with van der Waals surface area (Å²) in [5.41, 5.74) is -0.0782. The third-order valence-corrected chi connectivity index (χ3v) is 4.10. The lowest BCUT2D eigenvalue weighted by Gasteiger charge is -2.33. The molecule has 0 aromatic heterocycles. The maximum absolute atomic E-state index is 11.9. The summed E-state index contributed by atoms with van der Waals surface area (Å²) < 4.78 is 1.07. The number of nitrogens with zero attached hydrogens (tertiary/aromatic N) is 1. The molecule has 1 heterocycles. The molecule has 0 spiro atoms. The van der Waals surface area contributed by atoms with Gasteiger partial charge in [-0.2, -0.15) is 0 Å². The molecule has 1 unspecified atom stereocenters. The van der Waals surface area contributed by atoms with Gasteiger partial charge in [-0.15, -0.1) is 0 Å². The van der Waals surface area contributed by atoms with Gasteiger partial charge in [0, 0.05) is 12.6 Å².